The van der Waals surface area contributed by atoms with Gasteiger partial charge in [-0.05, 0) is 50.6 Å². The van der Waals surface area contributed by atoms with E-state index in [1.807, 2.05) is 0 Å². The van der Waals surface area contributed by atoms with E-state index < -0.39 is 0 Å². The van der Waals surface area contributed by atoms with E-state index >= 15 is 0 Å². The van der Waals surface area contributed by atoms with Gasteiger partial charge >= 0.3 is 0 Å². The summed E-state index contributed by atoms with van der Waals surface area (Å²) in [6.07, 6.45) is 9.85. The topological polar surface area (TPSA) is 29.3 Å². The lowest BCUT2D eigenvalue weighted by Crippen LogP contribution is -2.50. The summed E-state index contributed by atoms with van der Waals surface area (Å²) in [7, 11) is 0. The lowest BCUT2D eigenvalue weighted by molar-refractivity contribution is 0.0567. The summed E-state index contributed by atoms with van der Waals surface area (Å²) in [5.41, 5.74) is 5.99. The van der Waals surface area contributed by atoms with Crippen molar-refractivity contribution in [1.82, 2.24) is 4.90 Å². The van der Waals surface area contributed by atoms with E-state index in [2.05, 4.69) is 18.7 Å². The van der Waals surface area contributed by atoms with Gasteiger partial charge in [0.05, 0.1) is 0 Å². The number of hydrogen-bond donors (Lipinski definition) is 1. The number of nitrogens with zero attached hydrogens (tertiary/aromatic N) is 1. The molecule has 0 saturated heterocycles. The summed E-state index contributed by atoms with van der Waals surface area (Å²) < 4.78 is 0. The minimum Gasteiger partial charge on any atom is -0.330 e. The molecule has 2 heteroatoms. The van der Waals surface area contributed by atoms with Gasteiger partial charge < -0.3 is 5.73 Å². The van der Waals surface area contributed by atoms with Crippen LogP contribution in [0.1, 0.15) is 58.8 Å². The van der Waals surface area contributed by atoms with E-state index in [0.717, 1.165) is 30.5 Å². The molecule has 4 atom stereocenters. The van der Waals surface area contributed by atoms with E-state index in [1.54, 1.807) is 0 Å². The van der Waals surface area contributed by atoms with Crippen molar-refractivity contribution >= 4 is 0 Å². The highest BCUT2D eigenvalue weighted by Crippen LogP contribution is 2.35. The van der Waals surface area contributed by atoms with Crippen molar-refractivity contribution in [2.75, 3.05) is 13.1 Å². The van der Waals surface area contributed by atoms with Crippen LogP contribution in [0.4, 0.5) is 0 Å². The highest BCUT2D eigenvalue weighted by atomic mass is 15.2. The summed E-state index contributed by atoms with van der Waals surface area (Å²) >= 11 is 0. The van der Waals surface area contributed by atoms with Gasteiger partial charge in [0.2, 0.25) is 0 Å². The van der Waals surface area contributed by atoms with Crippen LogP contribution in [0.3, 0.4) is 0 Å². The predicted octanol–water partition coefficient (Wildman–Crippen LogP) is 3.01. The van der Waals surface area contributed by atoms with Gasteiger partial charge in [-0.15, -0.1) is 0 Å². The summed E-state index contributed by atoms with van der Waals surface area (Å²) in [4.78, 5) is 2.81. The van der Waals surface area contributed by atoms with Crippen molar-refractivity contribution < 1.29 is 0 Å². The van der Waals surface area contributed by atoms with Gasteiger partial charge in [0.1, 0.15) is 0 Å². The Morgan fingerprint density at radius 1 is 1.00 bits per heavy atom. The molecule has 0 aliphatic heterocycles. The highest BCUT2D eigenvalue weighted by molar-refractivity contribution is 4.91. The average Bonchev–Trinajstić information content (AvgIpc) is 2.78. The first-order valence-electron chi connectivity index (χ1n) is 7.73. The number of nitrogens with two attached hydrogens (primary N) is 1. The van der Waals surface area contributed by atoms with Crippen LogP contribution in [-0.4, -0.2) is 30.1 Å². The summed E-state index contributed by atoms with van der Waals surface area (Å²) in [6, 6.07) is 1.63. The van der Waals surface area contributed by atoms with Gasteiger partial charge in [-0.3, -0.25) is 4.90 Å². The molecule has 0 radical (unpaired) electrons. The monoisotopic (exact) mass is 238 g/mol. The highest BCUT2D eigenvalue weighted by Gasteiger charge is 2.36. The molecular weight excluding hydrogens is 208 g/mol. The quantitative estimate of drug-likeness (QED) is 0.816. The van der Waals surface area contributed by atoms with Crippen molar-refractivity contribution in [3.8, 4) is 0 Å². The van der Waals surface area contributed by atoms with E-state index in [1.165, 1.54) is 51.5 Å². The summed E-state index contributed by atoms with van der Waals surface area (Å²) in [6.45, 7) is 6.90. The Hall–Kier alpha value is -0.0800. The smallest absolute Gasteiger partial charge is 0.0138 e. The summed E-state index contributed by atoms with van der Waals surface area (Å²) in [5, 5.41) is 0. The predicted molar refractivity (Wildman–Crippen MR) is 74.0 cm³/mol. The van der Waals surface area contributed by atoms with Crippen LogP contribution in [0, 0.1) is 11.8 Å². The number of hydrogen-bond acceptors (Lipinski definition) is 2. The first-order valence-corrected chi connectivity index (χ1v) is 7.73. The minimum absolute atomic E-state index is 0.761. The maximum absolute atomic E-state index is 5.99. The van der Waals surface area contributed by atoms with Crippen molar-refractivity contribution in [1.29, 1.82) is 0 Å². The first kappa shape index (κ1) is 13.4. The Labute approximate surface area is 107 Å². The molecule has 2 aliphatic rings. The molecule has 0 amide bonds. The second-order valence-corrected chi connectivity index (χ2v) is 6.15. The second kappa shape index (κ2) is 6.19. The summed E-state index contributed by atoms with van der Waals surface area (Å²) in [5.74, 6) is 1.66. The molecule has 2 fully saturated rings. The molecule has 4 unspecified atom stereocenters. The Bertz CT molecular complexity index is 229. The van der Waals surface area contributed by atoms with Crippen molar-refractivity contribution in [2.24, 2.45) is 17.6 Å². The van der Waals surface area contributed by atoms with E-state index in [-0.39, 0.29) is 0 Å². The Kier molecular flexibility index (Phi) is 4.87. The van der Waals surface area contributed by atoms with Gasteiger partial charge in [0.25, 0.3) is 0 Å². The largest absolute Gasteiger partial charge is 0.330 e. The molecule has 0 heterocycles. The van der Waals surface area contributed by atoms with Crippen LogP contribution < -0.4 is 5.73 Å². The van der Waals surface area contributed by atoms with Gasteiger partial charge in [-0.25, -0.2) is 0 Å². The maximum atomic E-state index is 5.99. The molecule has 100 valence electrons. The normalized spacial score (nSPS) is 38.8. The molecule has 0 aromatic heterocycles. The molecule has 0 aromatic rings. The zero-order chi connectivity index (χ0) is 12.3. The fourth-order valence-electron chi connectivity index (χ4n) is 4.23. The third-order valence-corrected chi connectivity index (χ3v) is 5.21. The molecule has 0 bridgehead atoms. The third kappa shape index (κ3) is 2.85. The Balaban J connectivity index is 2.04. The van der Waals surface area contributed by atoms with E-state index in [0.29, 0.717) is 0 Å². The zero-order valence-electron chi connectivity index (χ0n) is 11.7. The molecule has 0 aromatic carbocycles. The molecule has 0 spiro atoms. The van der Waals surface area contributed by atoms with Crippen LogP contribution in [0.5, 0.6) is 0 Å². The molecule has 2 nitrogen and oxygen atoms in total. The lowest BCUT2D eigenvalue weighted by atomic mass is 9.82. The molecule has 2 N–H and O–H groups in total. The van der Waals surface area contributed by atoms with E-state index in [9.17, 15) is 0 Å². The van der Waals surface area contributed by atoms with Crippen LogP contribution in [0.2, 0.25) is 0 Å². The minimum atomic E-state index is 0.761. The Morgan fingerprint density at radius 2 is 1.71 bits per heavy atom. The fraction of sp³-hybridized carbons (Fsp3) is 1.00. The van der Waals surface area contributed by atoms with Gasteiger partial charge in [-0.1, -0.05) is 33.1 Å². The average molecular weight is 238 g/mol. The van der Waals surface area contributed by atoms with Crippen molar-refractivity contribution in [2.45, 2.75) is 70.9 Å². The number of rotatable bonds is 4. The molecule has 2 saturated carbocycles. The van der Waals surface area contributed by atoms with Gasteiger partial charge in [0.15, 0.2) is 0 Å². The molecular formula is C15H30N2. The lowest BCUT2D eigenvalue weighted by Gasteiger charge is -2.43. The maximum Gasteiger partial charge on any atom is 0.0138 e. The molecule has 17 heavy (non-hydrogen) atoms. The molecule has 2 rings (SSSR count). The molecule has 2 aliphatic carbocycles. The SMILES string of the molecule is CCN(C1CCCC1C)C1CCCCC1CN. The fourth-order valence-corrected chi connectivity index (χ4v) is 4.23. The van der Waals surface area contributed by atoms with Crippen molar-refractivity contribution in [3.05, 3.63) is 0 Å². The second-order valence-electron chi connectivity index (χ2n) is 6.15. The van der Waals surface area contributed by atoms with Gasteiger partial charge in [0, 0.05) is 12.1 Å². The van der Waals surface area contributed by atoms with E-state index in [4.69, 9.17) is 5.73 Å². The van der Waals surface area contributed by atoms with Crippen LogP contribution >= 0.6 is 0 Å². The van der Waals surface area contributed by atoms with Crippen LogP contribution in [0.15, 0.2) is 0 Å². The third-order valence-electron chi connectivity index (χ3n) is 5.21. The van der Waals surface area contributed by atoms with Crippen LogP contribution in [-0.2, 0) is 0 Å². The first-order chi connectivity index (χ1) is 8.27. The van der Waals surface area contributed by atoms with Crippen molar-refractivity contribution in [3.63, 3.8) is 0 Å². The van der Waals surface area contributed by atoms with Gasteiger partial charge in [-0.2, -0.15) is 0 Å². The Morgan fingerprint density at radius 3 is 2.29 bits per heavy atom. The zero-order valence-corrected chi connectivity index (χ0v) is 11.7. The van der Waals surface area contributed by atoms with Crippen LogP contribution in [0.25, 0.3) is 0 Å². The standard InChI is InChI=1S/C15H30N2/c1-3-17(14-10-6-7-12(14)2)15-9-5-4-8-13(15)11-16/h12-15H,3-11,16H2,1-2H3.